The number of amides is 3. The molecule has 5 aliphatic rings. The number of ether oxygens (including phenoxy) is 2. The number of methoxy groups -OCH3 is 1. The van der Waals surface area contributed by atoms with Gasteiger partial charge in [0.25, 0.3) is 0 Å². The van der Waals surface area contributed by atoms with E-state index in [0.717, 1.165) is 70.8 Å². The van der Waals surface area contributed by atoms with Gasteiger partial charge in [0, 0.05) is 86.4 Å². The Labute approximate surface area is 413 Å². The third kappa shape index (κ3) is 10.3. The van der Waals surface area contributed by atoms with Crippen LogP contribution in [0, 0.1) is 17.2 Å². The van der Waals surface area contributed by atoms with E-state index >= 15 is 4.39 Å². The van der Waals surface area contributed by atoms with Crippen molar-refractivity contribution < 1.29 is 41.4 Å². The smallest absolute Gasteiger partial charge is 0.395 e. The van der Waals surface area contributed by atoms with Crippen molar-refractivity contribution in [3.05, 3.63) is 99.2 Å². The van der Waals surface area contributed by atoms with Crippen LogP contribution in [-0.2, 0) is 44.0 Å². The highest BCUT2D eigenvalue weighted by atomic mass is 19.4. The average Bonchev–Trinajstić information content (AvgIpc) is 3.62. The van der Waals surface area contributed by atoms with E-state index in [1.807, 2.05) is 58.3 Å². The summed E-state index contributed by atoms with van der Waals surface area (Å²) < 4.78 is 73.8. The predicted octanol–water partition coefficient (Wildman–Crippen LogP) is 9.67. The highest BCUT2D eigenvalue weighted by Gasteiger charge is 2.49. The van der Waals surface area contributed by atoms with E-state index in [4.69, 9.17) is 9.47 Å². The molecule has 4 aromatic rings. The van der Waals surface area contributed by atoms with E-state index in [2.05, 4.69) is 19.2 Å². The molecular weight excluding hydrogens is 917 g/mol. The Hall–Kier alpha value is -5.48. The van der Waals surface area contributed by atoms with Crippen LogP contribution in [0.5, 0.6) is 5.75 Å². The zero-order chi connectivity index (χ0) is 50.5. The number of nitrogens with one attached hydrogen (secondary N) is 1. The molecule has 382 valence electrons. The van der Waals surface area contributed by atoms with Crippen molar-refractivity contribution in [1.82, 2.24) is 19.0 Å². The highest BCUT2D eigenvalue weighted by Crippen LogP contribution is 2.46. The van der Waals surface area contributed by atoms with E-state index < -0.39 is 23.0 Å². The van der Waals surface area contributed by atoms with Crippen LogP contribution in [0.15, 0.2) is 65.5 Å². The van der Waals surface area contributed by atoms with Crippen molar-refractivity contribution in [2.75, 3.05) is 50.2 Å². The number of alkyl halides is 3. The van der Waals surface area contributed by atoms with Crippen LogP contribution in [0.4, 0.5) is 23.2 Å². The Morgan fingerprint density at radius 1 is 0.915 bits per heavy atom. The van der Waals surface area contributed by atoms with E-state index in [0.29, 0.717) is 88.0 Å². The van der Waals surface area contributed by atoms with Gasteiger partial charge in [0.1, 0.15) is 11.6 Å². The minimum atomic E-state index is -4.44. The number of carbonyl (C=O) groups excluding carboxylic acids is 3. The number of imide groups is 1. The molecule has 0 unspecified atom stereocenters. The molecule has 1 aliphatic carbocycles. The van der Waals surface area contributed by atoms with Crippen molar-refractivity contribution in [2.45, 2.75) is 147 Å². The summed E-state index contributed by atoms with van der Waals surface area (Å²) in [5.74, 6) is -0.551. The molecule has 0 spiro atoms. The van der Waals surface area contributed by atoms with Gasteiger partial charge in [0.2, 0.25) is 17.7 Å². The van der Waals surface area contributed by atoms with Gasteiger partial charge in [-0.3, -0.25) is 23.9 Å². The summed E-state index contributed by atoms with van der Waals surface area (Å²) in [6.45, 7) is 9.02. The number of anilines is 1. The van der Waals surface area contributed by atoms with Crippen molar-refractivity contribution >= 4 is 40.0 Å². The number of allylic oxidation sites excluding steroid dienone is 2. The summed E-state index contributed by atoms with van der Waals surface area (Å²) in [6.07, 6.45) is 5.05. The van der Waals surface area contributed by atoms with Gasteiger partial charge in [-0.25, -0.2) is 9.18 Å². The molecule has 12 nitrogen and oxygen atoms in total. The molecular formula is C55H68F4N6O6. The summed E-state index contributed by atoms with van der Waals surface area (Å²) in [7, 11) is 1.61. The number of nitrogens with zero attached hydrogens (tertiary/aromatic N) is 5. The molecule has 1 N–H and O–H groups in total. The van der Waals surface area contributed by atoms with Gasteiger partial charge >= 0.3 is 11.9 Å². The van der Waals surface area contributed by atoms with Gasteiger partial charge in [-0.05, 0) is 152 Å². The summed E-state index contributed by atoms with van der Waals surface area (Å²) >= 11 is 0. The molecule has 3 fully saturated rings. The molecule has 0 bridgehead atoms. The maximum Gasteiger partial charge on any atom is 0.395 e. The molecule has 71 heavy (non-hydrogen) atoms. The lowest BCUT2D eigenvalue weighted by Gasteiger charge is -2.46. The molecule has 3 saturated heterocycles. The van der Waals surface area contributed by atoms with Crippen LogP contribution in [0.2, 0.25) is 0 Å². The molecule has 2 atom stereocenters. The van der Waals surface area contributed by atoms with E-state index in [1.54, 1.807) is 17.7 Å². The third-order valence-corrected chi connectivity index (χ3v) is 16.0. The van der Waals surface area contributed by atoms with Gasteiger partial charge in [0.15, 0.2) is 0 Å². The first kappa shape index (κ1) is 50.5. The second-order valence-corrected chi connectivity index (χ2v) is 21.9. The molecule has 1 aromatic heterocycles. The molecule has 5 heterocycles. The summed E-state index contributed by atoms with van der Waals surface area (Å²) in [6, 6.07) is 16.8. The fourth-order valence-electron chi connectivity index (χ4n) is 12.0. The molecule has 0 saturated carbocycles. The first-order valence-electron chi connectivity index (χ1n) is 25.5. The number of aromatic nitrogens is 2. The second-order valence-electron chi connectivity index (χ2n) is 21.9. The zero-order valence-electron chi connectivity index (χ0n) is 41.8. The van der Waals surface area contributed by atoms with Crippen LogP contribution in [0.3, 0.4) is 0 Å². The Morgan fingerprint density at radius 2 is 1.65 bits per heavy atom. The second kappa shape index (κ2) is 19.8. The van der Waals surface area contributed by atoms with Crippen LogP contribution in [0.1, 0.15) is 127 Å². The SMILES string of the molecule is COc1ccc([C@]2(CCN(Cc3ccc(C4=CC[C@H](C(=O)N5CCC(Nc6ccc7c8c6CCCn8c(=O)n7N6C(=O)CCCC6=O)CC5)CC4)c(F)c3)CC(C)(C)C(F)(F)F)CCOC(C)(C)C2)cc1. The molecule has 9 rings (SSSR count). The van der Waals surface area contributed by atoms with Crippen molar-refractivity contribution in [3.63, 3.8) is 0 Å². The summed E-state index contributed by atoms with van der Waals surface area (Å²) in [5, 5.41) is 4.73. The minimum Gasteiger partial charge on any atom is -0.497 e. The van der Waals surface area contributed by atoms with Crippen molar-refractivity contribution in [2.24, 2.45) is 11.3 Å². The Morgan fingerprint density at radius 3 is 2.30 bits per heavy atom. The predicted molar refractivity (Wildman–Crippen MR) is 265 cm³/mol. The number of likely N-dealkylation sites (tertiary alicyclic amines) is 1. The van der Waals surface area contributed by atoms with Gasteiger partial charge in [-0.15, -0.1) is 0 Å². The quantitative estimate of drug-likeness (QED) is 0.0981. The number of benzene rings is 3. The number of hydrogen-bond acceptors (Lipinski definition) is 8. The maximum absolute atomic E-state index is 16.1. The van der Waals surface area contributed by atoms with Crippen LogP contribution < -0.4 is 20.8 Å². The molecule has 0 radical (unpaired) electrons. The molecule has 3 amide bonds. The van der Waals surface area contributed by atoms with E-state index in [-0.39, 0.29) is 66.7 Å². The lowest BCUT2D eigenvalue weighted by Crippen LogP contribution is -2.52. The standard InChI is InChI=1S/C55H68F4N6O6/c1-52(2,55(57,58)59)35-61(30-25-54(26-31-71-53(3,4)34-54)39-16-18-41(70-5)19-17-39)33-36-11-20-42(44(56)32-36)37-12-14-38(15-13-37)50(68)62-28-23-40(24-29-62)60-45-21-22-46-49-43(45)8-7-27-63(49)51(69)64(46)65-47(66)9-6-10-48(65)67/h11-12,16-22,32,38,40,60H,6-10,13-15,23-31,33-35H2,1-5H3/t38-,54+/m0/s1. The first-order valence-corrected chi connectivity index (χ1v) is 25.5. The summed E-state index contributed by atoms with van der Waals surface area (Å²) in [5.41, 5.74) is 3.05. The van der Waals surface area contributed by atoms with E-state index in [9.17, 15) is 32.3 Å². The number of rotatable bonds is 14. The number of aryl methyl sites for hydroxylation is 2. The largest absolute Gasteiger partial charge is 0.497 e. The van der Waals surface area contributed by atoms with Gasteiger partial charge in [-0.2, -0.15) is 22.9 Å². The van der Waals surface area contributed by atoms with Gasteiger partial charge in [-0.1, -0.05) is 30.3 Å². The number of imidazole rings is 1. The monoisotopic (exact) mass is 985 g/mol. The molecule has 16 heteroatoms. The minimum absolute atomic E-state index is 0.0956. The van der Waals surface area contributed by atoms with E-state index in [1.165, 1.54) is 24.6 Å². The van der Waals surface area contributed by atoms with Crippen LogP contribution in [-0.4, -0.2) is 94.5 Å². The van der Waals surface area contributed by atoms with Crippen LogP contribution in [0.25, 0.3) is 16.6 Å². The van der Waals surface area contributed by atoms with Crippen molar-refractivity contribution in [3.8, 4) is 5.75 Å². The van der Waals surface area contributed by atoms with Gasteiger partial charge < -0.3 is 19.7 Å². The lowest BCUT2D eigenvalue weighted by molar-refractivity contribution is -0.217. The third-order valence-electron chi connectivity index (χ3n) is 16.0. The number of carbonyl (C=O) groups is 3. The van der Waals surface area contributed by atoms with Crippen LogP contribution >= 0.6 is 0 Å². The fourth-order valence-corrected chi connectivity index (χ4v) is 12.0. The Bertz CT molecular complexity index is 2740. The topological polar surface area (TPSA) is 118 Å². The van der Waals surface area contributed by atoms with Gasteiger partial charge in [0.05, 0.1) is 29.2 Å². The first-order chi connectivity index (χ1) is 33.8. The maximum atomic E-state index is 16.1. The summed E-state index contributed by atoms with van der Waals surface area (Å²) in [4.78, 5) is 56.9. The highest BCUT2D eigenvalue weighted by molar-refractivity contribution is 6.11. The number of piperidine rings is 2. The molecule has 3 aromatic carbocycles. The Kier molecular flexibility index (Phi) is 14.1. The number of hydrogen-bond donors (Lipinski definition) is 1. The zero-order valence-corrected chi connectivity index (χ0v) is 41.8. The normalized spacial score (nSPS) is 22.3. The number of halogens is 4. The fraction of sp³-hybridized carbons (Fsp3) is 0.564. The molecule has 4 aliphatic heterocycles. The van der Waals surface area contributed by atoms with Crippen molar-refractivity contribution in [1.29, 1.82) is 0 Å². The average molecular weight is 985 g/mol. The Balaban J connectivity index is 0.828. The lowest BCUT2D eigenvalue weighted by atomic mass is 9.67.